The molecule has 108 valence electrons. The zero-order chi connectivity index (χ0) is 14.3. The minimum atomic E-state index is 0.115. The average molecular weight is 264 g/mol. The monoisotopic (exact) mass is 264 g/mol. The summed E-state index contributed by atoms with van der Waals surface area (Å²) in [5, 5.41) is 0. The molecule has 1 unspecified atom stereocenters. The zero-order valence-corrected chi connectivity index (χ0v) is 12.7. The number of ether oxygens (including phenoxy) is 1. The Balaban J connectivity index is 2.49. The predicted molar refractivity (Wildman–Crippen MR) is 81.3 cm³/mol. The highest BCUT2D eigenvalue weighted by atomic mass is 16.5. The minimum Gasteiger partial charge on any atom is -0.383 e. The molecule has 3 heteroatoms. The van der Waals surface area contributed by atoms with Crippen molar-refractivity contribution in [3.63, 3.8) is 0 Å². The SMILES string of the molecule is COCCN(CCC(N)c1cccc(C)c1)C(C)C. The van der Waals surface area contributed by atoms with Crippen LogP contribution in [-0.4, -0.2) is 37.7 Å². The molecule has 1 rings (SSSR count). The first-order valence-corrected chi connectivity index (χ1v) is 7.09. The van der Waals surface area contributed by atoms with Gasteiger partial charge in [-0.1, -0.05) is 29.8 Å². The van der Waals surface area contributed by atoms with Gasteiger partial charge in [0.05, 0.1) is 6.61 Å². The summed E-state index contributed by atoms with van der Waals surface area (Å²) in [7, 11) is 1.75. The van der Waals surface area contributed by atoms with Crippen LogP contribution in [0.3, 0.4) is 0 Å². The lowest BCUT2D eigenvalue weighted by Gasteiger charge is -2.27. The Hall–Kier alpha value is -0.900. The van der Waals surface area contributed by atoms with Gasteiger partial charge in [-0.2, -0.15) is 0 Å². The number of nitrogens with zero attached hydrogens (tertiary/aromatic N) is 1. The fourth-order valence-electron chi connectivity index (χ4n) is 2.21. The van der Waals surface area contributed by atoms with Gasteiger partial charge in [0.1, 0.15) is 0 Å². The molecular weight excluding hydrogens is 236 g/mol. The molecule has 1 aromatic rings. The van der Waals surface area contributed by atoms with Gasteiger partial charge in [0, 0.05) is 32.3 Å². The van der Waals surface area contributed by atoms with Gasteiger partial charge in [-0.15, -0.1) is 0 Å². The number of methoxy groups -OCH3 is 1. The molecule has 19 heavy (non-hydrogen) atoms. The van der Waals surface area contributed by atoms with Gasteiger partial charge in [-0.3, -0.25) is 4.90 Å². The second-order valence-corrected chi connectivity index (χ2v) is 5.43. The van der Waals surface area contributed by atoms with E-state index in [9.17, 15) is 0 Å². The first-order valence-electron chi connectivity index (χ1n) is 7.09. The third kappa shape index (κ3) is 5.72. The van der Waals surface area contributed by atoms with E-state index in [1.54, 1.807) is 7.11 Å². The van der Waals surface area contributed by atoms with E-state index in [1.807, 2.05) is 0 Å². The third-order valence-electron chi connectivity index (χ3n) is 3.51. The van der Waals surface area contributed by atoms with Crippen molar-refractivity contribution in [1.29, 1.82) is 0 Å². The molecule has 0 fully saturated rings. The van der Waals surface area contributed by atoms with Crippen LogP contribution in [-0.2, 0) is 4.74 Å². The summed E-state index contributed by atoms with van der Waals surface area (Å²) in [5.41, 5.74) is 8.79. The van der Waals surface area contributed by atoms with Crippen molar-refractivity contribution in [3.8, 4) is 0 Å². The second-order valence-electron chi connectivity index (χ2n) is 5.43. The van der Waals surface area contributed by atoms with Crippen LogP contribution in [0.25, 0.3) is 0 Å². The minimum absolute atomic E-state index is 0.115. The summed E-state index contributed by atoms with van der Waals surface area (Å²) in [5.74, 6) is 0. The van der Waals surface area contributed by atoms with Gasteiger partial charge in [-0.05, 0) is 32.8 Å². The van der Waals surface area contributed by atoms with E-state index >= 15 is 0 Å². The van der Waals surface area contributed by atoms with Crippen LogP contribution in [0.1, 0.15) is 37.4 Å². The van der Waals surface area contributed by atoms with Crippen molar-refractivity contribution in [3.05, 3.63) is 35.4 Å². The highest BCUT2D eigenvalue weighted by Crippen LogP contribution is 2.16. The Morgan fingerprint density at radius 3 is 2.58 bits per heavy atom. The Kier molecular flexibility index (Phi) is 7.06. The van der Waals surface area contributed by atoms with Crippen LogP contribution in [0.4, 0.5) is 0 Å². The topological polar surface area (TPSA) is 38.5 Å². The van der Waals surface area contributed by atoms with Crippen LogP contribution in [0.15, 0.2) is 24.3 Å². The van der Waals surface area contributed by atoms with Crippen molar-refractivity contribution in [1.82, 2.24) is 4.90 Å². The Bertz CT molecular complexity index is 366. The summed E-state index contributed by atoms with van der Waals surface area (Å²) >= 11 is 0. The molecule has 0 aliphatic heterocycles. The van der Waals surface area contributed by atoms with Crippen molar-refractivity contribution in [2.75, 3.05) is 26.8 Å². The molecule has 0 spiro atoms. The van der Waals surface area contributed by atoms with E-state index < -0.39 is 0 Å². The van der Waals surface area contributed by atoms with Crippen LogP contribution < -0.4 is 5.73 Å². The standard InChI is InChI=1S/C16H28N2O/c1-13(2)18(10-11-19-4)9-8-16(17)15-7-5-6-14(3)12-15/h5-7,12-13,16H,8-11,17H2,1-4H3. The molecule has 1 aromatic carbocycles. The normalized spacial score (nSPS) is 13.2. The maximum absolute atomic E-state index is 6.28. The largest absolute Gasteiger partial charge is 0.383 e. The second kappa shape index (κ2) is 8.31. The molecule has 0 saturated carbocycles. The van der Waals surface area contributed by atoms with E-state index in [0.29, 0.717) is 6.04 Å². The number of hydrogen-bond donors (Lipinski definition) is 1. The van der Waals surface area contributed by atoms with Crippen molar-refractivity contribution < 1.29 is 4.74 Å². The van der Waals surface area contributed by atoms with E-state index in [1.165, 1.54) is 11.1 Å². The highest BCUT2D eigenvalue weighted by Gasteiger charge is 2.12. The van der Waals surface area contributed by atoms with Crippen molar-refractivity contribution in [2.24, 2.45) is 5.73 Å². The molecule has 0 heterocycles. The molecule has 0 amide bonds. The number of rotatable bonds is 8. The predicted octanol–water partition coefficient (Wildman–Crippen LogP) is 2.74. The van der Waals surface area contributed by atoms with Crippen LogP contribution in [0.5, 0.6) is 0 Å². The van der Waals surface area contributed by atoms with Crippen LogP contribution in [0, 0.1) is 6.92 Å². The fourth-order valence-corrected chi connectivity index (χ4v) is 2.21. The maximum Gasteiger partial charge on any atom is 0.0589 e. The van der Waals surface area contributed by atoms with Crippen molar-refractivity contribution in [2.45, 2.75) is 39.3 Å². The van der Waals surface area contributed by atoms with Gasteiger partial charge in [-0.25, -0.2) is 0 Å². The summed E-state index contributed by atoms with van der Waals surface area (Å²) in [6.07, 6.45) is 0.978. The molecule has 0 saturated heterocycles. The number of aryl methyl sites for hydroxylation is 1. The molecule has 0 aromatic heterocycles. The summed E-state index contributed by atoms with van der Waals surface area (Å²) < 4.78 is 5.16. The lowest BCUT2D eigenvalue weighted by atomic mass is 10.0. The highest BCUT2D eigenvalue weighted by molar-refractivity contribution is 5.24. The Labute approximate surface area is 117 Å². The van der Waals surface area contributed by atoms with Gasteiger partial charge in [0.2, 0.25) is 0 Å². The molecular formula is C16H28N2O. The molecule has 0 aliphatic carbocycles. The van der Waals surface area contributed by atoms with E-state index in [4.69, 9.17) is 10.5 Å². The molecule has 1 atom stereocenters. The van der Waals surface area contributed by atoms with Gasteiger partial charge < -0.3 is 10.5 Å². The lowest BCUT2D eigenvalue weighted by Crippen LogP contribution is -2.36. The smallest absolute Gasteiger partial charge is 0.0589 e. The third-order valence-corrected chi connectivity index (χ3v) is 3.51. The van der Waals surface area contributed by atoms with E-state index in [-0.39, 0.29) is 6.04 Å². The van der Waals surface area contributed by atoms with Gasteiger partial charge >= 0.3 is 0 Å². The fraction of sp³-hybridized carbons (Fsp3) is 0.625. The molecule has 2 N–H and O–H groups in total. The quantitative estimate of drug-likeness (QED) is 0.784. The van der Waals surface area contributed by atoms with Crippen molar-refractivity contribution >= 4 is 0 Å². The van der Waals surface area contributed by atoms with E-state index in [0.717, 1.165) is 26.1 Å². The lowest BCUT2D eigenvalue weighted by molar-refractivity contribution is 0.127. The summed E-state index contributed by atoms with van der Waals surface area (Å²) in [4.78, 5) is 2.42. The van der Waals surface area contributed by atoms with E-state index in [2.05, 4.69) is 49.9 Å². The number of benzene rings is 1. The molecule has 3 nitrogen and oxygen atoms in total. The first-order chi connectivity index (χ1) is 9.04. The Morgan fingerprint density at radius 2 is 2.00 bits per heavy atom. The van der Waals surface area contributed by atoms with Crippen LogP contribution in [0.2, 0.25) is 0 Å². The average Bonchev–Trinajstić information content (AvgIpc) is 2.38. The summed E-state index contributed by atoms with van der Waals surface area (Å²) in [6.45, 7) is 9.29. The Morgan fingerprint density at radius 1 is 1.26 bits per heavy atom. The molecule has 0 bridgehead atoms. The summed E-state index contributed by atoms with van der Waals surface area (Å²) in [6, 6.07) is 9.13. The van der Waals surface area contributed by atoms with Crippen LogP contribution >= 0.6 is 0 Å². The number of hydrogen-bond acceptors (Lipinski definition) is 3. The van der Waals surface area contributed by atoms with Gasteiger partial charge in [0.15, 0.2) is 0 Å². The van der Waals surface area contributed by atoms with Gasteiger partial charge in [0.25, 0.3) is 0 Å². The number of nitrogens with two attached hydrogens (primary N) is 1. The zero-order valence-electron chi connectivity index (χ0n) is 12.7. The first kappa shape index (κ1) is 16.2. The molecule has 0 aliphatic rings. The molecule has 0 radical (unpaired) electrons. The maximum atomic E-state index is 6.28.